The second-order valence-corrected chi connectivity index (χ2v) is 3.65. The van der Waals surface area contributed by atoms with E-state index in [4.69, 9.17) is 11.6 Å². The van der Waals surface area contributed by atoms with Gasteiger partial charge >= 0.3 is 0 Å². The summed E-state index contributed by atoms with van der Waals surface area (Å²) >= 11 is 5.58. The summed E-state index contributed by atoms with van der Waals surface area (Å²) in [6.45, 7) is 7.61. The van der Waals surface area contributed by atoms with Gasteiger partial charge in [0.05, 0.1) is 0 Å². The lowest BCUT2D eigenvalue weighted by atomic mass is 10.1. The number of carbonyl (C=O) groups is 1. The van der Waals surface area contributed by atoms with Gasteiger partial charge in [0.15, 0.2) is 0 Å². The van der Waals surface area contributed by atoms with E-state index in [2.05, 4.69) is 0 Å². The van der Waals surface area contributed by atoms with Gasteiger partial charge < -0.3 is 4.90 Å². The molecule has 1 unspecified atom stereocenters. The van der Waals surface area contributed by atoms with Crippen molar-refractivity contribution in [3.05, 3.63) is 0 Å². The molecule has 0 saturated carbocycles. The van der Waals surface area contributed by atoms with Gasteiger partial charge in [-0.25, -0.2) is 0 Å². The Morgan fingerprint density at radius 2 is 2.08 bits per heavy atom. The van der Waals surface area contributed by atoms with E-state index < -0.39 is 0 Å². The molecule has 13 heavy (non-hydrogen) atoms. The highest BCUT2D eigenvalue weighted by atomic mass is 35.5. The smallest absolute Gasteiger partial charge is 0.225 e. The van der Waals surface area contributed by atoms with Gasteiger partial charge in [0.1, 0.15) is 0 Å². The van der Waals surface area contributed by atoms with E-state index in [1.54, 1.807) is 0 Å². The van der Waals surface area contributed by atoms with Crippen LogP contribution in [-0.4, -0.2) is 29.8 Å². The second kappa shape index (κ2) is 7.19. The van der Waals surface area contributed by atoms with E-state index in [-0.39, 0.29) is 11.8 Å². The Hall–Kier alpha value is -0.240. The zero-order valence-corrected chi connectivity index (χ0v) is 9.60. The first-order valence-electron chi connectivity index (χ1n) is 5.02. The van der Waals surface area contributed by atoms with Crippen molar-refractivity contribution in [2.24, 2.45) is 5.92 Å². The summed E-state index contributed by atoms with van der Waals surface area (Å²) in [4.78, 5) is 13.6. The van der Waals surface area contributed by atoms with Gasteiger partial charge in [0.2, 0.25) is 5.91 Å². The van der Waals surface area contributed by atoms with Crippen LogP contribution < -0.4 is 0 Å². The number of hydrogen-bond donors (Lipinski definition) is 0. The summed E-state index contributed by atoms with van der Waals surface area (Å²) in [5, 5.41) is 0. The maximum atomic E-state index is 11.7. The lowest BCUT2D eigenvalue weighted by Gasteiger charge is -2.23. The minimum Gasteiger partial charge on any atom is -0.343 e. The van der Waals surface area contributed by atoms with Crippen molar-refractivity contribution < 1.29 is 4.79 Å². The van der Waals surface area contributed by atoms with Gasteiger partial charge in [0.25, 0.3) is 0 Å². The van der Waals surface area contributed by atoms with Crippen LogP contribution in [0.4, 0.5) is 0 Å². The summed E-state index contributed by atoms with van der Waals surface area (Å²) in [6, 6.07) is 0. The molecule has 0 aromatic heterocycles. The molecule has 1 amide bonds. The summed E-state index contributed by atoms with van der Waals surface area (Å²) < 4.78 is 0. The highest BCUT2D eigenvalue weighted by molar-refractivity contribution is 6.17. The van der Waals surface area contributed by atoms with Crippen LogP contribution in [0.1, 0.15) is 33.6 Å². The lowest BCUT2D eigenvalue weighted by molar-refractivity contribution is -0.134. The molecule has 0 fully saturated rings. The Balaban J connectivity index is 3.98. The van der Waals surface area contributed by atoms with E-state index in [9.17, 15) is 4.79 Å². The number of halogens is 1. The summed E-state index contributed by atoms with van der Waals surface area (Å²) in [5.41, 5.74) is 0. The predicted octanol–water partition coefficient (Wildman–Crippen LogP) is 2.51. The summed E-state index contributed by atoms with van der Waals surface area (Å²) in [7, 11) is 0. The average molecular weight is 206 g/mol. The zero-order chi connectivity index (χ0) is 10.3. The monoisotopic (exact) mass is 205 g/mol. The summed E-state index contributed by atoms with van der Waals surface area (Å²) in [6.07, 6.45) is 1.80. The fourth-order valence-corrected chi connectivity index (χ4v) is 1.28. The molecule has 0 aliphatic heterocycles. The second-order valence-electron chi connectivity index (χ2n) is 3.27. The van der Waals surface area contributed by atoms with Gasteiger partial charge in [-0.2, -0.15) is 0 Å². The van der Waals surface area contributed by atoms with Crippen LogP contribution in [0, 0.1) is 5.92 Å². The zero-order valence-electron chi connectivity index (χ0n) is 8.85. The number of carbonyl (C=O) groups excluding carboxylic acids is 1. The SMILES string of the molecule is CCC(C)C(=O)N(CC)CCCCl. The first-order valence-corrected chi connectivity index (χ1v) is 5.55. The Kier molecular flexibility index (Phi) is 7.06. The Labute approximate surface area is 86.2 Å². The number of alkyl halides is 1. The molecule has 1 atom stereocenters. The predicted molar refractivity (Wildman–Crippen MR) is 57.0 cm³/mol. The van der Waals surface area contributed by atoms with Crippen LogP contribution in [0.2, 0.25) is 0 Å². The minimum absolute atomic E-state index is 0.148. The molecule has 0 heterocycles. The third-order valence-corrected chi connectivity index (χ3v) is 2.56. The maximum absolute atomic E-state index is 11.7. The van der Waals surface area contributed by atoms with Gasteiger partial charge in [-0.1, -0.05) is 13.8 Å². The van der Waals surface area contributed by atoms with E-state index in [1.807, 2.05) is 25.7 Å². The average Bonchev–Trinajstić information content (AvgIpc) is 2.17. The van der Waals surface area contributed by atoms with Crippen LogP contribution in [0.3, 0.4) is 0 Å². The Morgan fingerprint density at radius 3 is 2.46 bits per heavy atom. The molecule has 2 nitrogen and oxygen atoms in total. The Morgan fingerprint density at radius 1 is 1.46 bits per heavy atom. The fourth-order valence-electron chi connectivity index (χ4n) is 1.16. The molecule has 0 bridgehead atoms. The van der Waals surface area contributed by atoms with Crippen LogP contribution in [-0.2, 0) is 4.79 Å². The van der Waals surface area contributed by atoms with E-state index in [0.29, 0.717) is 5.88 Å². The first kappa shape index (κ1) is 12.8. The van der Waals surface area contributed by atoms with E-state index in [0.717, 1.165) is 25.9 Å². The van der Waals surface area contributed by atoms with Crippen molar-refractivity contribution in [2.45, 2.75) is 33.6 Å². The molecule has 0 aliphatic carbocycles. The highest BCUT2D eigenvalue weighted by Crippen LogP contribution is 2.07. The minimum atomic E-state index is 0.148. The van der Waals surface area contributed by atoms with E-state index in [1.165, 1.54) is 0 Å². The van der Waals surface area contributed by atoms with E-state index >= 15 is 0 Å². The third-order valence-electron chi connectivity index (χ3n) is 2.29. The molecule has 0 spiro atoms. The summed E-state index contributed by atoms with van der Waals surface area (Å²) in [5.74, 6) is 1.04. The molecule has 0 aliphatic rings. The number of hydrogen-bond acceptors (Lipinski definition) is 1. The molecule has 78 valence electrons. The van der Waals surface area contributed by atoms with Gasteiger partial charge in [-0.15, -0.1) is 11.6 Å². The van der Waals surface area contributed by atoms with Crippen molar-refractivity contribution in [3.8, 4) is 0 Å². The molecule has 0 N–H and O–H groups in total. The molecular weight excluding hydrogens is 186 g/mol. The highest BCUT2D eigenvalue weighted by Gasteiger charge is 2.16. The van der Waals surface area contributed by atoms with Gasteiger partial charge in [-0.3, -0.25) is 4.79 Å². The number of amides is 1. The molecular formula is C10H20ClNO. The lowest BCUT2D eigenvalue weighted by Crippen LogP contribution is -2.35. The number of rotatable bonds is 6. The topological polar surface area (TPSA) is 20.3 Å². The largest absolute Gasteiger partial charge is 0.343 e. The maximum Gasteiger partial charge on any atom is 0.225 e. The third kappa shape index (κ3) is 4.51. The quantitative estimate of drug-likeness (QED) is 0.611. The van der Waals surface area contributed by atoms with Crippen molar-refractivity contribution >= 4 is 17.5 Å². The van der Waals surface area contributed by atoms with Crippen LogP contribution in [0.15, 0.2) is 0 Å². The molecule has 3 heteroatoms. The molecule has 0 aromatic carbocycles. The van der Waals surface area contributed by atoms with Crippen LogP contribution in [0.25, 0.3) is 0 Å². The molecule has 0 radical (unpaired) electrons. The molecule has 0 saturated heterocycles. The van der Waals surface area contributed by atoms with Crippen LogP contribution in [0.5, 0.6) is 0 Å². The van der Waals surface area contributed by atoms with Crippen LogP contribution >= 0.6 is 11.6 Å². The number of nitrogens with zero attached hydrogens (tertiary/aromatic N) is 1. The standard InChI is InChI=1S/C10H20ClNO/c1-4-9(3)10(13)12(5-2)8-6-7-11/h9H,4-8H2,1-3H3. The molecule has 0 rings (SSSR count). The van der Waals surface area contributed by atoms with Gasteiger partial charge in [0, 0.05) is 24.9 Å². The van der Waals surface area contributed by atoms with Crippen molar-refractivity contribution in [2.75, 3.05) is 19.0 Å². The van der Waals surface area contributed by atoms with Crippen molar-refractivity contribution in [3.63, 3.8) is 0 Å². The first-order chi connectivity index (χ1) is 6.17. The van der Waals surface area contributed by atoms with Crippen molar-refractivity contribution in [1.82, 2.24) is 4.90 Å². The van der Waals surface area contributed by atoms with Gasteiger partial charge in [-0.05, 0) is 19.8 Å². The van der Waals surface area contributed by atoms with Crippen molar-refractivity contribution in [1.29, 1.82) is 0 Å². The fraction of sp³-hybridized carbons (Fsp3) is 0.900. The molecule has 0 aromatic rings. The normalized spacial score (nSPS) is 12.6. The Bertz CT molecular complexity index is 150.